The first-order valence-electron chi connectivity index (χ1n) is 13.3. The average Bonchev–Trinajstić information content (AvgIpc) is 2.90. The van der Waals surface area contributed by atoms with Crippen molar-refractivity contribution in [2.75, 3.05) is 17.2 Å². The Hall–Kier alpha value is -2.85. The summed E-state index contributed by atoms with van der Waals surface area (Å²) in [7, 11) is 0. The van der Waals surface area contributed by atoms with E-state index in [1.165, 1.54) is 33.4 Å². The molecule has 0 radical (unpaired) electrons. The van der Waals surface area contributed by atoms with E-state index in [1.54, 1.807) is 0 Å². The first kappa shape index (κ1) is 29.1. The summed E-state index contributed by atoms with van der Waals surface area (Å²) in [5.41, 5.74) is 27.0. The molecule has 0 aliphatic rings. The smallest absolute Gasteiger partial charge is 0.0638 e. The zero-order valence-corrected chi connectivity index (χ0v) is 24.9. The second-order valence-electron chi connectivity index (χ2n) is 10.8. The predicted octanol–water partition coefficient (Wildman–Crippen LogP) is 9.43. The van der Waals surface area contributed by atoms with E-state index in [-0.39, 0.29) is 0 Å². The van der Waals surface area contributed by atoms with E-state index < -0.39 is 0 Å². The highest BCUT2D eigenvalue weighted by Crippen LogP contribution is 2.34. The fraction of sp³-hybridized carbons (Fsp3) is 0.273. The molecule has 3 atom stereocenters. The lowest BCUT2D eigenvalue weighted by molar-refractivity contribution is 0.712. The molecule has 3 unspecified atom stereocenters. The lowest BCUT2D eigenvalue weighted by atomic mass is 9.83. The number of nitrogens with two attached hydrogens (primary N) is 3. The van der Waals surface area contributed by atoms with E-state index in [1.807, 2.05) is 36.4 Å². The Morgan fingerprint density at radius 3 is 0.949 bits per heavy atom. The van der Waals surface area contributed by atoms with Crippen LogP contribution in [-0.2, 0) is 19.3 Å². The molecule has 204 valence electrons. The number of halogens is 3. The summed E-state index contributed by atoms with van der Waals surface area (Å²) in [5, 5.41) is 1.79. The molecule has 0 fully saturated rings. The van der Waals surface area contributed by atoms with Crippen LogP contribution >= 0.6 is 34.8 Å². The fourth-order valence-electron chi connectivity index (χ4n) is 5.06. The van der Waals surface area contributed by atoms with Crippen molar-refractivity contribution in [3.63, 3.8) is 0 Å². The van der Waals surface area contributed by atoms with Crippen LogP contribution in [0.2, 0.25) is 15.1 Å². The van der Waals surface area contributed by atoms with Crippen LogP contribution in [0.3, 0.4) is 0 Å². The molecule has 0 saturated carbocycles. The van der Waals surface area contributed by atoms with Gasteiger partial charge in [0, 0.05) is 0 Å². The maximum Gasteiger partial charge on any atom is 0.0638 e. The average molecular weight is 581 g/mol. The monoisotopic (exact) mass is 579 g/mol. The van der Waals surface area contributed by atoms with E-state index in [0.717, 1.165) is 19.3 Å². The fourth-order valence-corrected chi connectivity index (χ4v) is 5.67. The van der Waals surface area contributed by atoms with Crippen molar-refractivity contribution in [1.29, 1.82) is 0 Å². The molecule has 4 aromatic rings. The summed E-state index contributed by atoms with van der Waals surface area (Å²) in [5.74, 6) is 0.874. The third-order valence-electron chi connectivity index (χ3n) is 7.53. The second kappa shape index (κ2) is 12.6. The van der Waals surface area contributed by atoms with Crippen LogP contribution < -0.4 is 17.2 Å². The highest BCUT2D eigenvalue weighted by atomic mass is 35.5. The van der Waals surface area contributed by atoms with Crippen LogP contribution in [0, 0.1) is 0 Å². The van der Waals surface area contributed by atoms with Gasteiger partial charge in [-0.1, -0.05) is 92.0 Å². The van der Waals surface area contributed by atoms with Gasteiger partial charge in [-0.2, -0.15) is 0 Å². The number of hydrogen-bond donors (Lipinski definition) is 3. The molecule has 0 amide bonds. The summed E-state index contributed by atoms with van der Waals surface area (Å²) in [6.07, 6.45) is 2.60. The largest absolute Gasteiger partial charge is 0.398 e. The molecule has 4 rings (SSSR count). The summed E-state index contributed by atoms with van der Waals surface area (Å²) in [6.45, 7) is 6.80. The Labute approximate surface area is 247 Å². The topological polar surface area (TPSA) is 78.1 Å². The number of hydrogen-bond acceptors (Lipinski definition) is 3. The molecule has 3 nitrogen and oxygen atoms in total. The summed E-state index contributed by atoms with van der Waals surface area (Å²) in [4.78, 5) is 0. The van der Waals surface area contributed by atoms with Gasteiger partial charge < -0.3 is 17.2 Å². The van der Waals surface area contributed by atoms with Crippen molar-refractivity contribution in [2.24, 2.45) is 0 Å². The molecular formula is C33H36Cl3N3. The highest BCUT2D eigenvalue weighted by Gasteiger charge is 2.17. The normalized spacial score (nSPS) is 13.7. The van der Waals surface area contributed by atoms with Crippen LogP contribution in [0.25, 0.3) is 0 Å². The van der Waals surface area contributed by atoms with Crippen molar-refractivity contribution in [2.45, 2.75) is 57.8 Å². The van der Waals surface area contributed by atoms with E-state index in [4.69, 9.17) is 52.0 Å². The van der Waals surface area contributed by atoms with Gasteiger partial charge in [0.1, 0.15) is 0 Å². The van der Waals surface area contributed by atoms with Gasteiger partial charge in [-0.15, -0.1) is 0 Å². The Balaban J connectivity index is 1.65. The second-order valence-corrected chi connectivity index (χ2v) is 12.0. The van der Waals surface area contributed by atoms with Crippen LogP contribution in [0.15, 0.2) is 72.8 Å². The van der Waals surface area contributed by atoms with Crippen molar-refractivity contribution >= 4 is 51.9 Å². The number of benzene rings is 4. The van der Waals surface area contributed by atoms with Crippen molar-refractivity contribution in [1.82, 2.24) is 0 Å². The standard InChI is InChI=1S/C33H36Cl3N3/c1-19(10-22-4-7-31(37)28(34)13-22)25-16-26(20(2)11-23-5-8-32(38)29(35)14-23)18-27(17-25)21(3)12-24-6-9-33(39)30(36)15-24/h4-9,13-21H,10-12,37-39H2,1-3H3. The molecule has 39 heavy (non-hydrogen) atoms. The van der Waals surface area contributed by atoms with E-state index in [9.17, 15) is 0 Å². The van der Waals surface area contributed by atoms with Crippen molar-refractivity contribution < 1.29 is 0 Å². The predicted molar refractivity (Wildman–Crippen MR) is 170 cm³/mol. The SMILES string of the molecule is CC(Cc1ccc(N)c(Cl)c1)c1cc(C(C)Cc2ccc(N)c(Cl)c2)cc(C(C)Cc2ccc(N)c(Cl)c2)c1. The lowest BCUT2D eigenvalue weighted by Gasteiger charge is -2.22. The Bertz CT molecular complexity index is 1280. The zero-order valence-electron chi connectivity index (χ0n) is 22.6. The van der Waals surface area contributed by atoms with Gasteiger partial charge in [0.25, 0.3) is 0 Å². The molecule has 6 N–H and O–H groups in total. The van der Waals surface area contributed by atoms with E-state index in [2.05, 4.69) is 57.2 Å². The van der Waals surface area contributed by atoms with Gasteiger partial charge in [-0.3, -0.25) is 0 Å². The first-order chi connectivity index (χ1) is 18.5. The minimum absolute atomic E-state index is 0.291. The molecule has 0 spiro atoms. The minimum atomic E-state index is 0.291. The minimum Gasteiger partial charge on any atom is -0.398 e. The zero-order chi connectivity index (χ0) is 28.3. The van der Waals surface area contributed by atoms with Crippen LogP contribution in [0.5, 0.6) is 0 Å². The summed E-state index contributed by atoms with van der Waals surface area (Å²) < 4.78 is 0. The van der Waals surface area contributed by atoms with Crippen LogP contribution in [0.1, 0.15) is 71.9 Å². The number of anilines is 3. The van der Waals surface area contributed by atoms with Crippen LogP contribution in [0.4, 0.5) is 17.1 Å². The molecule has 0 aliphatic carbocycles. The Morgan fingerprint density at radius 1 is 0.462 bits per heavy atom. The van der Waals surface area contributed by atoms with Crippen molar-refractivity contribution in [3.05, 3.63) is 121 Å². The Kier molecular flexibility index (Phi) is 9.38. The van der Waals surface area contributed by atoms with Crippen LogP contribution in [-0.4, -0.2) is 0 Å². The van der Waals surface area contributed by atoms with Crippen molar-refractivity contribution in [3.8, 4) is 0 Å². The molecule has 0 aliphatic heterocycles. The molecule has 4 aromatic carbocycles. The number of nitrogen functional groups attached to an aromatic ring is 3. The third-order valence-corrected chi connectivity index (χ3v) is 8.51. The molecule has 6 heteroatoms. The Morgan fingerprint density at radius 2 is 0.718 bits per heavy atom. The molecule has 0 saturated heterocycles. The third kappa shape index (κ3) is 7.42. The first-order valence-corrected chi connectivity index (χ1v) is 14.4. The van der Waals surface area contributed by atoms with E-state index in [0.29, 0.717) is 49.9 Å². The van der Waals surface area contributed by atoms with Gasteiger partial charge in [0.2, 0.25) is 0 Å². The molecule has 0 bridgehead atoms. The van der Waals surface area contributed by atoms with Gasteiger partial charge in [0.15, 0.2) is 0 Å². The van der Waals surface area contributed by atoms with Gasteiger partial charge in [-0.05, 0) is 107 Å². The molecular weight excluding hydrogens is 545 g/mol. The highest BCUT2D eigenvalue weighted by molar-refractivity contribution is 6.33. The molecule has 0 heterocycles. The molecule has 0 aromatic heterocycles. The van der Waals surface area contributed by atoms with Gasteiger partial charge in [0.05, 0.1) is 32.1 Å². The van der Waals surface area contributed by atoms with Gasteiger partial charge in [-0.25, -0.2) is 0 Å². The lowest BCUT2D eigenvalue weighted by Crippen LogP contribution is -2.07. The quantitative estimate of drug-likeness (QED) is 0.173. The number of rotatable bonds is 9. The summed E-state index contributed by atoms with van der Waals surface area (Å²) >= 11 is 18.9. The summed E-state index contributed by atoms with van der Waals surface area (Å²) in [6, 6.07) is 24.8. The van der Waals surface area contributed by atoms with E-state index >= 15 is 0 Å². The van der Waals surface area contributed by atoms with Gasteiger partial charge >= 0.3 is 0 Å². The maximum atomic E-state index is 6.31. The maximum absolute atomic E-state index is 6.31.